The number of fused-ring (bicyclic) bond motifs is 1. The minimum Gasteiger partial charge on any atom is -0.497 e. The van der Waals surface area contributed by atoms with E-state index in [9.17, 15) is 22.8 Å². The predicted molar refractivity (Wildman–Crippen MR) is 170 cm³/mol. The average molecular weight is 655 g/mol. The van der Waals surface area contributed by atoms with Crippen molar-refractivity contribution in [3.8, 4) is 11.5 Å². The monoisotopic (exact) mass is 654 g/mol. The molecule has 15 heteroatoms. The molecular weight excluding hydrogens is 612 g/mol. The number of ether oxygens (including phenoxy) is 3. The molecule has 44 heavy (non-hydrogen) atoms. The summed E-state index contributed by atoms with van der Waals surface area (Å²) in [4.78, 5) is 42.8. The first-order valence-corrected chi connectivity index (χ1v) is 16.2. The van der Waals surface area contributed by atoms with Gasteiger partial charge in [-0.1, -0.05) is 20.8 Å². The molecule has 0 atom stereocenters. The smallest absolute Gasteiger partial charge is 0.326 e. The van der Waals surface area contributed by atoms with Crippen molar-refractivity contribution in [1.29, 1.82) is 0 Å². The molecular formula is C29H42N4O9S2. The van der Waals surface area contributed by atoms with Crippen LogP contribution in [0.4, 0.5) is 5.69 Å². The lowest BCUT2D eigenvalue weighted by Crippen LogP contribution is -2.34. The third-order valence-corrected chi connectivity index (χ3v) is 8.05. The van der Waals surface area contributed by atoms with Crippen molar-refractivity contribution in [1.82, 2.24) is 14.7 Å². The molecule has 0 radical (unpaired) electrons. The van der Waals surface area contributed by atoms with Crippen molar-refractivity contribution in [2.75, 3.05) is 64.1 Å². The van der Waals surface area contributed by atoms with Gasteiger partial charge in [0.2, 0.25) is 5.88 Å². The van der Waals surface area contributed by atoms with Crippen LogP contribution >= 0.6 is 12.2 Å². The Labute approximate surface area is 264 Å². The van der Waals surface area contributed by atoms with Crippen molar-refractivity contribution in [2.45, 2.75) is 40.5 Å². The number of nitrogens with zero attached hydrogens (tertiary/aromatic N) is 4. The van der Waals surface area contributed by atoms with E-state index in [2.05, 4.69) is 25.7 Å². The van der Waals surface area contributed by atoms with Gasteiger partial charge in [0, 0.05) is 25.7 Å². The first-order valence-electron chi connectivity index (χ1n) is 14.2. The second-order valence-electron chi connectivity index (χ2n) is 9.85. The van der Waals surface area contributed by atoms with Gasteiger partial charge in [0.1, 0.15) is 24.6 Å². The van der Waals surface area contributed by atoms with Gasteiger partial charge < -0.3 is 28.9 Å². The Hall–Kier alpha value is -3.53. The number of unbranched alkanes of at least 4 members (excludes halogenated alkanes) is 1. The highest BCUT2D eigenvalue weighted by molar-refractivity contribution is 7.85. The van der Waals surface area contributed by atoms with Crippen LogP contribution in [0.15, 0.2) is 41.9 Å². The molecule has 2 aliphatic heterocycles. The minimum absolute atomic E-state index is 0.0943. The van der Waals surface area contributed by atoms with Crippen LogP contribution in [0.25, 0.3) is 0 Å². The highest BCUT2D eigenvalue weighted by Gasteiger charge is 2.37. The molecule has 2 heterocycles. The van der Waals surface area contributed by atoms with E-state index in [1.807, 2.05) is 0 Å². The SMILES string of the molecule is CCN(CC)CC.COc1ccc2c(c1)O/C(=C/C=C1\C(=O)N(C)C(=S)N1CC(=O)OCC(C)=O)N2CCCCS(=O)(=O)O. The van der Waals surface area contributed by atoms with Gasteiger partial charge in [-0.15, -0.1) is 0 Å². The van der Waals surface area contributed by atoms with Crippen molar-refractivity contribution in [2.24, 2.45) is 0 Å². The topological polar surface area (TPSA) is 146 Å². The molecule has 1 N–H and O–H groups in total. The maximum atomic E-state index is 12.8. The first-order chi connectivity index (χ1) is 20.8. The van der Waals surface area contributed by atoms with Crippen molar-refractivity contribution in [3.63, 3.8) is 0 Å². The Morgan fingerprint density at radius 1 is 1.09 bits per heavy atom. The number of carbonyl (C=O) groups is 3. The third-order valence-electron chi connectivity index (χ3n) is 6.75. The van der Waals surface area contributed by atoms with Crippen LogP contribution in [0.1, 0.15) is 40.5 Å². The molecule has 1 fully saturated rings. The zero-order valence-electron chi connectivity index (χ0n) is 26.1. The molecule has 1 saturated heterocycles. The molecule has 0 spiro atoms. The van der Waals surface area contributed by atoms with Gasteiger partial charge in [-0.3, -0.25) is 23.8 Å². The highest BCUT2D eigenvalue weighted by Crippen LogP contribution is 2.41. The zero-order valence-corrected chi connectivity index (χ0v) is 27.7. The Morgan fingerprint density at radius 3 is 2.30 bits per heavy atom. The second-order valence-corrected chi connectivity index (χ2v) is 11.8. The molecule has 2 aliphatic rings. The van der Waals surface area contributed by atoms with E-state index in [0.717, 1.165) is 0 Å². The normalized spacial score (nSPS) is 16.3. The van der Waals surface area contributed by atoms with E-state index in [4.69, 9.17) is 31.0 Å². The summed E-state index contributed by atoms with van der Waals surface area (Å²) >= 11 is 5.30. The molecule has 244 valence electrons. The Balaban J connectivity index is 0.000000860. The number of benzene rings is 1. The number of anilines is 1. The fraction of sp³-hybridized carbons (Fsp3) is 0.517. The van der Waals surface area contributed by atoms with E-state index in [0.29, 0.717) is 36.0 Å². The molecule has 1 amide bonds. The van der Waals surface area contributed by atoms with Gasteiger partial charge in [0.25, 0.3) is 16.0 Å². The van der Waals surface area contributed by atoms with Gasteiger partial charge in [-0.05, 0) is 69.8 Å². The summed E-state index contributed by atoms with van der Waals surface area (Å²) in [6, 6.07) is 5.22. The Kier molecular flexibility index (Phi) is 14.2. The molecule has 13 nitrogen and oxygen atoms in total. The molecule has 1 aromatic carbocycles. The maximum Gasteiger partial charge on any atom is 0.326 e. The van der Waals surface area contributed by atoms with E-state index < -0.39 is 22.0 Å². The molecule has 3 rings (SSSR count). The van der Waals surface area contributed by atoms with Crippen LogP contribution < -0.4 is 14.4 Å². The molecule has 0 saturated carbocycles. The Bertz CT molecular complexity index is 1370. The van der Waals surface area contributed by atoms with Crippen molar-refractivity contribution < 1.29 is 41.6 Å². The summed E-state index contributed by atoms with van der Waals surface area (Å²) in [6.07, 6.45) is 3.64. The van der Waals surface area contributed by atoms with Gasteiger partial charge in [-0.25, -0.2) is 0 Å². The number of carbonyl (C=O) groups excluding carboxylic acids is 3. The Morgan fingerprint density at radius 2 is 1.75 bits per heavy atom. The highest BCUT2D eigenvalue weighted by atomic mass is 32.2. The second kappa shape index (κ2) is 17.1. The lowest BCUT2D eigenvalue weighted by molar-refractivity contribution is -0.147. The summed E-state index contributed by atoms with van der Waals surface area (Å²) in [7, 11) is -1.08. The number of methoxy groups -OCH3 is 1. The number of rotatable bonds is 14. The van der Waals surface area contributed by atoms with E-state index >= 15 is 0 Å². The summed E-state index contributed by atoms with van der Waals surface area (Å²) < 4.78 is 47.2. The van der Waals surface area contributed by atoms with Gasteiger partial charge in [0.15, 0.2) is 16.6 Å². The van der Waals surface area contributed by atoms with Crippen LogP contribution in [0, 0.1) is 0 Å². The molecule has 0 aliphatic carbocycles. The van der Waals surface area contributed by atoms with Crippen molar-refractivity contribution in [3.05, 3.63) is 41.9 Å². The number of hydrogen-bond donors (Lipinski definition) is 1. The summed E-state index contributed by atoms with van der Waals surface area (Å²) in [6.45, 7) is 11.0. The fourth-order valence-corrected chi connectivity index (χ4v) is 5.09. The predicted octanol–water partition coefficient (Wildman–Crippen LogP) is 2.83. The lowest BCUT2D eigenvalue weighted by Gasteiger charge is -2.19. The number of hydrogen-bond acceptors (Lipinski definition) is 11. The number of allylic oxidation sites excluding steroid dienone is 2. The molecule has 1 aromatic rings. The summed E-state index contributed by atoms with van der Waals surface area (Å²) in [5.41, 5.74) is 0.801. The average Bonchev–Trinajstić information content (AvgIpc) is 3.42. The summed E-state index contributed by atoms with van der Waals surface area (Å²) in [5, 5.41) is 0.0943. The van der Waals surface area contributed by atoms with Crippen LogP contribution in [-0.2, 0) is 29.2 Å². The lowest BCUT2D eigenvalue weighted by atomic mass is 10.2. The molecule has 0 unspecified atom stereocenters. The van der Waals surface area contributed by atoms with E-state index in [1.54, 1.807) is 23.1 Å². The van der Waals surface area contributed by atoms with Crippen LogP contribution in [0.3, 0.4) is 0 Å². The summed E-state index contributed by atoms with van der Waals surface area (Å²) in [5.74, 6) is -0.457. The number of likely N-dealkylation sites (N-methyl/N-ethyl adjacent to an activating group) is 1. The third kappa shape index (κ3) is 10.6. The first kappa shape index (κ1) is 36.7. The number of Topliss-reactive ketones (excluding diaryl/α,β-unsaturated/α-hetero) is 1. The van der Waals surface area contributed by atoms with Gasteiger partial charge >= 0.3 is 5.97 Å². The van der Waals surface area contributed by atoms with E-state index in [-0.39, 0.29) is 41.9 Å². The van der Waals surface area contributed by atoms with Gasteiger partial charge in [0.05, 0.1) is 18.6 Å². The standard InChI is InChI=1S/C23H27N3O9S2.C6H15N/c1-15(27)14-34-21(28)13-26-18(22(29)24(2)23(26)36)8-9-20-25(10-4-5-11-37(30,31)32)17-7-6-16(33-3)12-19(17)35-20;1-4-7(5-2)6-3/h6-9,12H,4-5,10-11,13-14H2,1-3H3,(H,30,31,32);4-6H2,1-3H3/b18-8+,20-9+;. The van der Waals surface area contributed by atoms with Crippen LogP contribution in [0.5, 0.6) is 11.5 Å². The largest absolute Gasteiger partial charge is 0.497 e. The number of esters is 1. The quantitative estimate of drug-likeness (QED) is 0.103. The molecule has 0 aromatic heterocycles. The number of ketones is 1. The fourth-order valence-electron chi connectivity index (χ4n) is 4.27. The van der Waals surface area contributed by atoms with Gasteiger partial charge in [-0.2, -0.15) is 8.42 Å². The number of amides is 1. The minimum atomic E-state index is -4.07. The van der Waals surface area contributed by atoms with Crippen LogP contribution in [0.2, 0.25) is 0 Å². The van der Waals surface area contributed by atoms with E-state index in [1.165, 1.54) is 62.7 Å². The molecule has 0 bridgehead atoms. The number of thiocarbonyl (C=S) groups is 1. The maximum absolute atomic E-state index is 12.8. The van der Waals surface area contributed by atoms with Crippen molar-refractivity contribution >= 4 is 50.8 Å². The van der Waals surface area contributed by atoms with Crippen LogP contribution in [-0.4, -0.2) is 110 Å². The zero-order chi connectivity index (χ0) is 33.0.